The molecular formula is C13H18ClN3. The zero-order chi connectivity index (χ0) is 11.8. The molecule has 3 rings (SSSR count). The standard InChI is InChI=1S/C13H18ClN3/c1-2-10-7-13(16-8-15-10)17-11-3-4-12(17)6-9(14)5-11/h7-9,11-12H,2-6H2,1H3. The first kappa shape index (κ1) is 11.3. The summed E-state index contributed by atoms with van der Waals surface area (Å²) in [6, 6.07) is 3.33. The highest BCUT2D eigenvalue weighted by Crippen LogP contribution is 2.40. The van der Waals surface area contributed by atoms with E-state index in [-0.39, 0.29) is 0 Å². The molecule has 2 atom stereocenters. The number of halogens is 1. The van der Waals surface area contributed by atoms with Crippen molar-refractivity contribution in [2.24, 2.45) is 0 Å². The topological polar surface area (TPSA) is 29.0 Å². The molecule has 2 aliphatic heterocycles. The monoisotopic (exact) mass is 251 g/mol. The number of hydrogen-bond acceptors (Lipinski definition) is 3. The molecule has 0 amide bonds. The maximum atomic E-state index is 6.30. The van der Waals surface area contributed by atoms with Crippen molar-refractivity contribution in [3.63, 3.8) is 0 Å². The van der Waals surface area contributed by atoms with Crippen molar-refractivity contribution in [2.45, 2.75) is 56.5 Å². The fourth-order valence-corrected chi connectivity index (χ4v) is 3.62. The third-order valence-corrected chi connectivity index (χ3v) is 4.37. The molecule has 2 unspecified atom stereocenters. The van der Waals surface area contributed by atoms with Crippen LogP contribution in [0, 0.1) is 0 Å². The van der Waals surface area contributed by atoms with E-state index in [1.54, 1.807) is 6.33 Å². The fraction of sp³-hybridized carbons (Fsp3) is 0.692. The zero-order valence-electron chi connectivity index (χ0n) is 10.1. The molecule has 2 saturated heterocycles. The summed E-state index contributed by atoms with van der Waals surface area (Å²) in [4.78, 5) is 11.2. The third-order valence-electron chi connectivity index (χ3n) is 4.01. The van der Waals surface area contributed by atoms with Crippen LogP contribution in [0.2, 0.25) is 0 Å². The van der Waals surface area contributed by atoms with Gasteiger partial charge in [-0.05, 0) is 32.1 Å². The average molecular weight is 252 g/mol. The lowest BCUT2D eigenvalue weighted by atomic mass is 10.0. The van der Waals surface area contributed by atoms with Crippen LogP contribution in [0.25, 0.3) is 0 Å². The Kier molecular flexibility index (Phi) is 2.95. The molecule has 92 valence electrons. The van der Waals surface area contributed by atoms with Crippen molar-refractivity contribution in [3.8, 4) is 0 Å². The second-order valence-electron chi connectivity index (χ2n) is 5.08. The van der Waals surface area contributed by atoms with E-state index in [0.717, 1.165) is 30.8 Å². The molecule has 0 N–H and O–H groups in total. The van der Waals surface area contributed by atoms with E-state index < -0.39 is 0 Å². The van der Waals surface area contributed by atoms with E-state index >= 15 is 0 Å². The van der Waals surface area contributed by atoms with Gasteiger partial charge in [-0.2, -0.15) is 0 Å². The van der Waals surface area contributed by atoms with Crippen LogP contribution >= 0.6 is 11.6 Å². The van der Waals surface area contributed by atoms with Gasteiger partial charge in [0.1, 0.15) is 12.1 Å². The van der Waals surface area contributed by atoms with E-state index in [9.17, 15) is 0 Å². The van der Waals surface area contributed by atoms with Crippen LogP contribution in [0.4, 0.5) is 5.82 Å². The molecule has 1 aromatic heterocycles. The largest absolute Gasteiger partial charge is 0.350 e. The molecular weight excluding hydrogens is 234 g/mol. The first-order chi connectivity index (χ1) is 8.28. The van der Waals surface area contributed by atoms with Crippen LogP contribution in [0.15, 0.2) is 12.4 Å². The molecule has 4 heteroatoms. The molecule has 1 aromatic rings. The summed E-state index contributed by atoms with van der Waals surface area (Å²) in [6.45, 7) is 2.13. The Labute approximate surface area is 107 Å². The Morgan fingerprint density at radius 3 is 2.65 bits per heavy atom. The maximum Gasteiger partial charge on any atom is 0.132 e. The molecule has 17 heavy (non-hydrogen) atoms. The van der Waals surface area contributed by atoms with Gasteiger partial charge in [-0.15, -0.1) is 11.6 Å². The van der Waals surface area contributed by atoms with Gasteiger partial charge in [0, 0.05) is 29.2 Å². The number of rotatable bonds is 2. The molecule has 0 aliphatic carbocycles. The number of hydrogen-bond donors (Lipinski definition) is 0. The molecule has 0 saturated carbocycles. The van der Waals surface area contributed by atoms with Crippen molar-refractivity contribution in [2.75, 3.05) is 4.90 Å². The number of piperidine rings is 1. The first-order valence-electron chi connectivity index (χ1n) is 6.51. The Balaban J connectivity index is 1.89. The summed E-state index contributed by atoms with van der Waals surface area (Å²) in [7, 11) is 0. The summed E-state index contributed by atoms with van der Waals surface area (Å²) >= 11 is 6.30. The van der Waals surface area contributed by atoms with Crippen molar-refractivity contribution >= 4 is 17.4 Å². The lowest BCUT2D eigenvalue weighted by Crippen LogP contribution is -2.44. The van der Waals surface area contributed by atoms with Gasteiger partial charge >= 0.3 is 0 Å². The summed E-state index contributed by atoms with van der Waals surface area (Å²) in [5.74, 6) is 1.10. The van der Waals surface area contributed by atoms with Crippen molar-refractivity contribution < 1.29 is 0 Å². The molecule has 0 radical (unpaired) electrons. The number of alkyl halides is 1. The quantitative estimate of drug-likeness (QED) is 0.757. The highest BCUT2D eigenvalue weighted by atomic mass is 35.5. The molecule has 0 spiro atoms. The van der Waals surface area contributed by atoms with Crippen molar-refractivity contribution in [1.82, 2.24) is 9.97 Å². The summed E-state index contributed by atoms with van der Waals surface area (Å²) < 4.78 is 0. The van der Waals surface area contributed by atoms with E-state index in [0.29, 0.717) is 17.5 Å². The second kappa shape index (κ2) is 4.45. The Hall–Kier alpha value is -0.830. The highest BCUT2D eigenvalue weighted by Gasteiger charge is 2.40. The lowest BCUT2D eigenvalue weighted by molar-refractivity contribution is 0.470. The van der Waals surface area contributed by atoms with Crippen molar-refractivity contribution in [1.29, 1.82) is 0 Å². The number of nitrogens with zero attached hydrogens (tertiary/aromatic N) is 3. The average Bonchev–Trinajstić information content (AvgIpc) is 2.62. The number of fused-ring (bicyclic) bond motifs is 2. The molecule has 2 bridgehead atoms. The maximum absolute atomic E-state index is 6.30. The highest BCUT2D eigenvalue weighted by molar-refractivity contribution is 6.20. The Morgan fingerprint density at radius 2 is 2.00 bits per heavy atom. The van der Waals surface area contributed by atoms with E-state index in [2.05, 4.69) is 27.9 Å². The molecule has 2 aliphatic rings. The van der Waals surface area contributed by atoms with Crippen LogP contribution in [0.3, 0.4) is 0 Å². The molecule has 3 nitrogen and oxygen atoms in total. The minimum absolute atomic E-state index is 0.358. The van der Waals surface area contributed by atoms with E-state index in [1.807, 2.05) is 0 Å². The minimum atomic E-state index is 0.358. The van der Waals surface area contributed by atoms with Gasteiger partial charge in [-0.25, -0.2) is 9.97 Å². The first-order valence-corrected chi connectivity index (χ1v) is 6.95. The summed E-state index contributed by atoms with van der Waals surface area (Å²) in [5.41, 5.74) is 1.13. The van der Waals surface area contributed by atoms with Crippen LogP contribution in [-0.2, 0) is 6.42 Å². The van der Waals surface area contributed by atoms with Gasteiger partial charge in [0.25, 0.3) is 0 Å². The Morgan fingerprint density at radius 1 is 1.29 bits per heavy atom. The SMILES string of the molecule is CCc1cc(N2C3CCC2CC(Cl)C3)ncn1. The summed E-state index contributed by atoms with van der Waals surface area (Å²) in [6.07, 6.45) is 7.39. The number of aromatic nitrogens is 2. The fourth-order valence-electron chi connectivity index (χ4n) is 3.20. The predicted molar refractivity (Wildman–Crippen MR) is 69.6 cm³/mol. The van der Waals surface area contributed by atoms with E-state index in [4.69, 9.17) is 11.6 Å². The summed E-state index contributed by atoms with van der Waals surface area (Å²) in [5, 5.41) is 0.358. The van der Waals surface area contributed by atoms with Gasteiger partial charge in [0.05, 0.1) is 0 Å². The number of anilines is 1. The number of aryl methyl sites for hydroxylation is 1. The van der Waals surface area contributed by atoms with Crippen LogP contribution in [-0.4, -0.2) is 27.4 Å². The Bertz CT molecular complexity index is 395. The lowest BCUT2D eigenvalue weighted by Gasteiger charge is -2.37. The van der Waals surface area contributed by atoms with Crippen molar-refractivity contribution in [3.05, 3.63) is 18.1 Å². The molecule has 2 fully saturated rings. The third kappa shape index (κ3) is 2.01. The second-order valence-corrected chi connectivity index (χ2v) is 5.70. The van der Waals surface area contributed by atoms with Gasteiger partial charge in [0.15, 0.2) is 0 Å². The van der Waals surface area contributed by atoms with Crippen LogP contribution in [0.1, 0.15) is 38.3 Å². The smallest absolute Gasteiger partial charge is 0.132 e. The van der Waals surface area contributed by atoms with Gasteiger partial charge in [-0.3, -0.25) is 0 Å². The predicted octanol–water partition coefficient (Wildman–Crippen LogP) is 2.78. The van der Waals surface area contributed by atoms with Crippen LogP contribution < -0.4 is 4.90 Å². The molecule has 3 heterocycles. The molecule has 0 aromatic carbocycles. The minimum Gasteiger partial charge on any atom is -0.350 e. The van der Waals surface area contributed by atoms with Gasteiger partial charge in [-0.1, -0.05) is 6.92 Å². The zero-order valence-corrected chi connectivity index (χ0v) is 10.9. The normalized spacial score (nSPS) is 31.9. The van der Waals surface area contributed by atoms with Gasteiger partial charge < -0.3 is 4.90 Å². The van der Waals surface area contributed by atoms with Gasteiger partial charge in [0.2, 0.25) is 0 Å². The van der Waals surface area contributed by atoms with Crippen LogP contribution in [0.5, 0.6) is 0 Å². The van der Waals surface area contributed by atoms with E-state index in [1.165, 1.54) is 12.8 Å².